The number of carbonyl (C=O) groups excluding carboxylic acids is 1. The molecular weight excluding hydrogens is 308 g/mol. The van der Waals surface area contributed by atoms with Crippen LogP contribution in [-0.4, -0.2) is 48.4 Å². The highest BCUT2D eigenvalue weighted by atomic mass is 16.2. The quantitative estimate of drug-likeness (QED) is 0.561. The summed E-state index contributed by atoms with van der Waals surface area (Å²) >= 11 is 0. The van der Waals surface area contributed by atoms with E-state index in [-0.39, 0.29) is 22.3 Å². The second kappa shape index (κ2) is 8.41. The molecule has 3 heteroatoms. The zero-order valence-electron chi connectivity index (χ0n) is 18.5. The molecule has 1 fully saturated rings. The molecule has 0 saturated carbocycles. The second-order valence-electron chi connectivity index (χ2n) is 10.3. The second-order valence-corrected chi connectivity index (χ2v) is 10.3. The number of nitrogens with zero attached hydrogens (tertiary/aromatic N) is 2. The van der Waals surface area contributed by atoms with Crippen molar-refractivity contribution in [3.8, 4) is 0 Å². The number of carbonyl (C=O) groups is 1. The van der Waals surface area contributed by atoms with Crippen molar-refractivity contribution in [2.24, 2.45) is 16.2 Å². The highest BCUT2D eigenvalue weighted by Crippen LogP contribution is 2.44. The summed E-state index contributed by atoms with van der Waals surface area (Å²) in [5, 5.41) is 0. The van der Waals surface area contributed by atoms with Crippen LogP contribution in [0.5, 0.6) is 0 Å². The Morgan fingerprint density at radius 3 is 2.00 bits per heavy atom. The van der Waals surface area contributed by atoms with E-state index in [0.717, 1.165) is 32.5 Å². The minimum Gasteiger partial charge on any atom is -0.338 e. The van der Waals surface area contributed by atoms with E-state index in [1.807, 2.05) is 0 Å². The van der Waals surface area contributed by atoms with Gasteiger partial charge in [0, 0.05) is 31.1 Å². The van der Waals surface area contributed by atoms with Gasteiger partial charge in [-0.25, -0.2) is 0 Å². The van der Waals surface area contributed by atoms with E-state index >= 15 is 0 Å². The maximum absolute atomic E-state index is 13.5. The molecule has 0 aromatic rings. The SMILES string of the molecule is CCCCCCN(C(=O)C(C)(C)CC)C1C(C)(C)CN(C)CC1(C)C. The average Bonchev–Trinajstić information content (AvgIpc) is 2.46. The third-order valence-electron chi connectivity index (χ3n) is 6.12. The number of amides is 1. The minimum absolute atomic E-state index is 0.0980. The lowest BCUT2D eigenvalue weighted by Crippen LogP contribution is -2.66. The molecule has 0 aromatic carbocycles. The Morgan fingerprint density at radius 1 is 1.04 bits per heavy atom. The summed E-state index contributed by atoms with van der Waals surface area (Å²) in [6.45, 7) is 21.0. The number of rotatable bonds is 8. The number of piperidine rings is 1. The van der Waals surface area contributed by atoms with Crippen LogP contribution in [0.4, 0.5) is 0 Å². The van der Waals surface area contributed by atoms with E-state index < -0.39 is 0 Å². The zero-order valence-corrected chi connectivity index (χ0v) is 18.5. The third-order valence-corrected chi connectivity index (χ3v) is 6.12. The van der Waals surface area contributed by atoms with Crippen molar-refractivity contribution < 1.29 is 4.79 Å². The first-order chi connectivity index (χ1) is 11.4. The molecule has 1 aliphatic heterocycles. The summed E-state index contributed by atoms with van der Waals surface area (Å²) in [7, 11) is 2.21. The molecule has 0 aromatic heterocycles. The van der Waals surface area contributed by atoms with Crippen molar-refractivity contribution >= 4 is 5.91 Å². The van der Waals surface area contributed by atoms with E-state index in [0.29, 0.717) is 5.91 Å². The number of unbranched alkanes of at least 4 members (excludes halogenated alkanes) is 3. The molecule has 0 aliphatic carbocycles. The summed E-state index contributed by atoms with van der Waals surface area (Å²) in [5.41, 5.74) is -0.0816. The smallest absolute Gasteiger partial charge is 0.228 e. The Balaban J connectivity index is 3.17. The van der Waals surface area contributed by atoms with Gasteiger partial charge in [0.25, 0.3) is 0 Å². The predicted octanol–water partition coefficient (Wildman–Crippen LogP) is 5.20. The van der Waals surface area contributed by atoms with Gasteiger partial charge in [-0.1, -0.05) is 74.7 Å². The topological polar surface area (TPSA) is 23.6 Å². The lowest BCUT2D eigenvalue weighted by atomic mass is 9.65. The fourth-order valence-electron chi connectivity index (χ4n) is 5.12. The van der Waals surface area contributed by atoms with Crippen molar-refractivity contribution in [1.82, 2.24) is 9.80 Å². The van der Waals surface area contributed by atoms with Gasteiger partial charge in [0.05, 0.1) is 0 Å². The molecule has 25 heavy (non-hydrogen) atoms. The molecule has 0 atom stereocenters. The number of hydrogen-bond donors (Lipinski definition) is 0. The van der Waals surface area contributed by atoms with Gasteiger partial charge in [0.15, 0.2) is 0 Å². The van der Waals surface area contributed by atoms with E-state index in [2.05, 4.69) is 72.2 Å². The molecule has 1 rings (SSSR count). The molecular formula is C22H44N2O. The molecule has 1 heterocycles. The highest BCUT2D eigenvalue weighted by molar-refractivity contribution is 5.82. The predicted molar refractivity (Wildman–Crippen MR) is 109 cm³/mol. The Morgan fingerprint density at radius 2 is 1.56 bits per heavy atom. The third kappa shape index (κ3) is 5.45. The zero-order chi connectivity index (χ0) is 19.5. The van der Waals surface area contributed by atoms with Crippen molar-refractivity contribution in [2.45, 2.75) is 93.5 Å². The van der Waals surface area contributed by atoms with E-state index in [1.165, 1.54) is 19.3 Å². The Labute approximate surface area is 157 Å². The average molecular weight is 353 g/mol. The van der Waals surface area contributed by atoms with Gasteiger partial charge in [-0.05, 0) is 30.7 Å². The molecule has 0 spiro atoms. The van der Waals surface area contributed by atoms with Gasteiger partial charge in [0.2, 0.25) is 5.91 Å². The first-order valence-corrected chi connectivity index (χ1v) is 10.4. The van der Waals surface area contributed by atoms with Crippen LogP contribution in [-0.2, 0) is 4.79 Å². The van der Waals surface area contributed by atoms with Gasteiger partial charge in [-0.3, -0.25) is 4.79 Å². The van der Waals surface area contributed by atoms with Crippen molar-refractivity contribution in [3.63, 3.8) is 0 Å². The molecule has 1 aliphatic rings. The van der Waals surface area contributed by atoms with E-state index in [1.54, 1.807) is 0 Å². The molecule has 148 valence electrons. The fourth-order valence-corrected chi connectivity index (χ4v) is 5.12. The number of hydrogen-bond acceptors (Lipinski definition) is 2. The van der Waals surface area contributed by atoms with Crippen molar-refractivity contribution in [3.05, 3.63) is 0 Å². The first kappa shape index (κ1) is 22.5. The number of likely N-dealkylation sites (tertiary alicyclic amines) is 1. The summed E-state index contributed by atoms with van der Waals surface area (Å²) < 4.78 is 0. The lowest BCUT2D eigenvalue weighted by Gasteiger charge is -2.57. The van der Waals surface area contributed by atoms with Crippen LogP contribution in [0.25, 0.3) is 0 Å². The summed E-state index contributed by atoms with van der Waals surface area (Å²) in [6, 6.07) is 0.288. The maximum atomic E-state index is 13.5. The summed E-state index contributed by atoms with van der Waals surface area (Å²) in [6.07, 6.45) is 5.74. The Hall–Kier alpha value is -0.570. The summed E-state index contributed by atoms with van der Waals surface area (Å²) in [5.74, 6) is 0.349. The standard InChI is InChI=1S/C22H44N2O/c1-10-12-13-14-15-24(19(25)20(3,4)11-2)18-21(5,6)16-23(9)17-22(18,7)8/h18H,10-17H2,1-9H3. The molecule has 3 nitrogen and oxygen atoms in total. The van der Waals surface area contributed by atoms with Crippen LogP contribution < -0.4 is 0 Å². The first-order valence-electron chi connectivity index (χ1n) is 10.4. The summed E-state index contributed by atoms with van der Waals surface area (Å²) in [4.78, 5) is 18.2. The Bertz CT molecular complexity index is 421. The van der Waals surface area contributed by atoms with Gasteiger partial charge in [-0.15, -0.1) is 0 Å². The monoisotopic (exact) mass is 352 g/mol. The van der Waals surface area contributed by atoms with E-state index in [4.69, 9.17) is 0 Å². The molecule has 0 bridgehead atoms. The molecule has 0 N–H and O–H groups in total. The van der Waals surface area contributed by atoms with Crippen LogP contribution in [0.2, 0.25) is 0 Å². The maximum Gasteiger partial charge on any atom is 0.228 e. The highest BCUT2D eigenvalue weighted by Gasteiger charge is 2.51. The fraction of sp³-hybridized carbons (Fsp3) is 0.955. The van der Waals surface area contributed by atoms with Gasteiger partial charge in [-0.2, -0.15) is 0 Å². The Kier molecular flexibility index (Phi) is 7.56. The molecule has 0 unspecified atom stereocenters. The lowest BCUT2D eigenvalue weighted by molar-refractivity contribution is -0.155. The van der Waals surface area contributed by atoms with Gasteiger partial charge >= 0.3 is 0 Å². The van der Waals surface area contributed by atoms with Crippen molar-refractivity contribution in [1.29, 1.82) is 0 Å². The normalized spacial score (nSPS) is 21.3. The molecule has 1 amide bonds. The van der Waals surface area contributed by atoms with Crippen LogP contribution >= 0.6 is 0 Å². The minimum atomic E-state index is -0.278. The van der Waals surface area contributed by atoms with Gasteiger partial charge < -0.3 is 9.80 Å². The molecule has 0 radical (unpaired) electrons. The largest absolute Gasteiger partial charge is 0.338 e. The van der Waals surface area contributed by atoms with Crippen LogP contribution in [0.1, 0.15) is 87.5 Å². The van der Waals surface area contributed by atoms with Gasteiger partial charge in [0.1, 0.15) is 0 Å². The van der Waals surface area contributed by atoms with Crippen LogP contribution in [0, 0.1) is 16.2 Å². The van der Waals surface area contributed by atoms with Crippen molar-refractivity contribution in [2.75, 3.05) is 26.7 Å². The van der Waals surface area contributed by atoms with Crippen LogP contribution in [0.3, 0.4) is 0 Å². The molecule has 1 saturated heterocycles. The van der Waals surface area contributed by atoms with Crippen LogP contribution in [0.15, 0.2) is 0 Å². The van der Waals surface area contributed by atoms with E-state index in [9.17, 15) is 4.79 Å².